The van der Waals surface area contributed by atoms with Crippen LogP contribution in [-0.4, -0.2) is 85.1 Å². The number of nitrogens with one attached hydrogen (secondary N) is 3. The lowest BCUT2D eigenvalue weighted by Crippen LogP contribution is -2.54. The molecule has 0 spiro atoms. The fourth-order valence-electron chi connectivity index (χ4n) is 5.36. The van der Waals surface area contributed by atoms with Gasteiger partial charge in [-0.1, -0.05) is 0 Å². The maximum Gasteiger partial charge on any atom is 0.410 e. The largest absolute Gasteiger partial charge is 0.443 e. The van der Waals surface area contributed by atoms with Gasteiger partial charge in [0.1, 0.15) is 11.8 Å². The Hall–Kier alpha value is -1.07. The molecule has 176 valence electrons. The third-order valence-electron chi connectivity index (χ3n) is 7.73. The number of hydrogen-bond acceptors (Lipinski definition) is 7. The molecule has 3 N–H and O–H groups in total. The zero-order valence-corrected chi connectivity index (χ0v) is 18.2. The van der Waals surface area contributed by atoms with Crippen LogP contribution in [0, 0.1) is 11.8 Å². The number of carbonyl (C=O) groups excluding carboxylic acids is 1. The monoisotopic (exact) mass is 443 g/mol. The molecule has 4 saturated heterocycles. The van der Waals surface area contributed by atoms with Gasteiger partial charge in [-0.05, 0) is 44.9 Å². The summed E-state index contributed by atoms with van der Waals surface area (Å²) in [5.74, 6) is -1.96. The summed E-state index contributed by atoms with van der Waals surface area (Å²) in [6, 6.07) is 0.124. The zero-order chi connectivity index (χ0) is 21.6. The molecule has 1 amide bonds. The van der Waals surface area contributed by atoms with E-state index < -0.39 is 5.92 Å². The van der Waals surface area contributed by atoms with E-state index in [1.165, 1.54) is 0 Å². The number of piperidine rings is 2. The van der Waals surface area contributed by atoms with Gasteiger partial charge in [-0.15, -0.1) is 0 Å². The predicted molar refractivity (Wildman–Crippen MR) is 109 cm³/mol. The van der Waals surface area contributed by atoms with Crippen LogP contribution < -0.4 is 16.1 Å². The molecular formula is C21H35F2N5O3. The third kappa shape index (κ3) is 4.98. The van der Waals surface area contributed by atoms with E-state index in [1.807, 2.05) is 16.7 Å². The standard InChI is InChI=1S/C21H35F2N5O3/c1-20(4-5-20)30-19(29)27-7-2-14(3-8-27)17-25-18(31-26-17)15-10-16(12-24-11-15)28-9-6-21(22,23)13-28/h14-18,24-26H,2-13H2,1H3. The Labute approximate surface area is 182 Å². The fourth-order valence-corrected chi connectivity index (χ4v) is 5.36. The Bertz CT molecular complexity index is 671. The first-order valence-corrected chi connectivity index (χ1v) is 11.8. The molecule has 0 bridgehead atoms. The number of likely N-dealkylation sites (tertiary alicyclic amines) is 2. The Morgan fingerprint density at radius 2 is 1.87 bits per heavy atom. The highest BCUT2D eigenvalue weighted by atomic mass is 19.3. The lowest BCUT2D eigenvalue weighted by molar-refractivity contribution is -0.0324. The Kier molecular flexibility index (Phi) is 5.87. The summed E-state index contributed by atoms with van der Waals surface area (Å²) in [5.41, 5.74) is 2.92. The number of nitrogens with zero attached hydrogens (tertiary/aromatic N) is 2. The van der Waals surface area contributed by atoms with Crippen LogP contribution in [0.1, 0.15) is 45.4 Å². The van der Waals surface area contributed by atoms with Crippen molar-refractivity contribution in [2.45, 2.75) is 75.4 Å². The smallest absolute Gasteiger partial charge is 0.410 e. The molecule has 0 radical (unpaired) electrons. The molecule has 8 nitrogen and oxygen atoms in total. The van der Waals surface area contributed by atoms with Crippen LogP contribution in [-0.2, 0) is 9.57 Å². The normalized spacial score (nSPS) is 38.4. The van der Waals surface area contributed by atoms with Crippen molar-refractivity contribution < 1.29 is 23.1 Å². The average Bonchev–Trinajstić information content (AvgIpc) is 3.16. The topological polar surface area (TPSA) is 78.1 Å². The molecule has 4 unspecified atom stereocenters. The Morgan fingerprint density at radius 3 is 2.55 bits per heavy atom. The van der Waals surface area contributed by atoms with Crippen LogP contribution in [0.25, 0.3) is 0 Å². The van der Waals surface area contributed by atoms with Gasteiger partial charge >= 0.3 is 6.09 Å². The van der Waals surface area contributed by atoms with Crippen molar-refractivity contribution >= 4 is 6.09 Å². The average molecular weight is 444 g/mol. The molecule has 5 aliphatic rings. The van der Waals surface area contributed by atoms with Gasteiger partial charge in [-0.25, -0.2) is 13.6 Å². The SMILES string of the molecule is CC1(OC(=O)N2CCC(C3NOC(C4CNCC(N5CCC(F)(F)C5)C4)N3)CC2)CC1. The molecule has 1 aliphatic carbocycles. The molecule has 0 aromatic carbocycles. The van der Waals surface area contributed by atoms with Gasteiger partial charge in [0.2, 0.25) is 0 Å². The number of halogens is 2. The minimum Gasteiger partial charge on any atom is -0.443 e. The van der Waals surface area contributed by atoms with Crippen LogP contribution in [0.3, 0.4) is 0 Å². The van der Waals surface area contributed by atoms with Crippen LogP contribution in [0.4, 0.5) is 13.6 Å². The van der Waals surface area contributed by atoms with E-state index in [1.54, 1.807) is 0 Å². The van der Waals surface area contributed by atoms with Gasteiger partial charge in [-0.3, -0.25) is 15.1 Å². The lowest BCUT2D eigenvalue weighted by atomic mass is 9.91. The van der Waals surface area contributed by atoms with Crippen molar-refractivity contribution in [2.24, 2.45) is 11.8 Å². The third-order valence-corrected chi connectivity index (χ3v) is 7.73. The quantitative estimate of drug-likeness (QED) is 0.608. The van der Waals surface area contributed by atoms with Crippen molar-refractivity contribution in [1.82, 2.24) is 25.9 Å². The van der Waals surface area contributed by atoms with E-state index in [4.69, 9.17) is 9.57 Å². The van der Waals surface area contributed by atoms with E-state index in [2.05, 4.69) is 16.1 Å². The first-order valence-electron chi connectivity index (χ1n) is 11.8. The van der Waals surface area contributed by atoms with Gasteiger partial charge in [0.15, 0.2) is 0 Å². The van der Waals surface area contributed by atoms with Crippen molar-refractivity contribution in [1.29, 1.82) is 0 Å². The summed E-state index contributed by atoms with van der Waals surface area (Å²) in [6.45, 7) is 5.28. The summed E-state index contributed by atoms with van der Waals surface area (Å²) in [6.07, 6.45) is 4.22. The lowest BCUT2D eigenvalue weighted by Gasteiger charge is -2.37. The molecule has 31 heavy (non-hydrogen) atoms. The number of hydroxylamine groups is 1. The number of hydrogen-bond donors (Lipinski definition) is 3. The molecule has 0 aromatic rings. The van der Waals surface area contributed by atoms with E-state index >= 15 is 0 Å². The molecule has 10 heteroatoms. The molecule has 4 atom stereocenters. The molecular weight excluding hydrogens is 408 g/mol. The summed E-state index contributed by atoms with van der Waals surface area (Å²) < 4.78 is 32.8. The van der Waals surface area contributed by atoms with Gasteiger partial charge < -0.3 is 15.0 Å². The molecule has 4 aliphatic heterocycles. The highest BCUT2D eigenvalue weighted by Crippen LogP contribution is 2.39. The second kappa shape index (κ2) is 8.37. The molecule has 4 heterocycles. The maximum absolute atomic E-state index is 13.6. The molecule has 5 rings (SSSR count). The maximum atomic E-state index is 13.6. The highest BCUT2D eigenvalue weighted by Gasteiger charge is 2.45. The highest BCUT2D eigenvalue weighted by molar-refractivity contribution is 5.68. The first-order chi connectivity index (χ1) is 14.8. The van der Waals surface area contributed by atoms with E-state index in [9.17, 15) is 13.6 Å². The van der Waals surface area contributed by atoms with Gasteiger partial charge in [0, 0.05) is 51.1 Å². The number of ether oxygens (including phenoxy) is 1. The van der Waals surface area contributed by atoms with Crippen molar-refractivity contribution in [2.75, 3.05) is 39.3 Å². The van der Waals surface area contributed by atoms with Crippen LogP contribution in [0.5, 0.6) is 0 Å². The fraction of sp³-hybridized carbons (Fsp3) is 0.952. The number of rotatable bonds is 4. The summed E-state index contributed by atoms with van der Waals surface area (Å²) in [4.78, 5) is 21.9. The van der Waals surface area contributed by atoms with Crippen LogP contribution in [0.2, 0.25) is 0 Å². The minimum atomic E-state index is -2.56. The predicted octanol–water partition coefficient (Wildman–Crippen LogP) is 1.48. The summed E-state index contributed by atoms with van der Waals surface area (Å²) >= 11 is 0. The van der Waals surface area contributed by atoms with E-state index in [0.29, 0.717) is 25.6 Å². The van der Waals surface area contributed by atoms with Gasteiger partial charge in [-0.2, -0.15) is 5.48 Å². The Morgan fingerprint density at radius 1 is 1.10 bits per heavy atom. The van der Waals surface area contributed by atoms with Gasteiger partial charge in [0.05, 0.1) is 12.7 Å². The van der Waals surface area contributed by atoms with Crippen molar-refractivity contribution in [3.63, 3.8) is 0 Å². The summed E-state index contributed by atoms with van der Waals surface area (Å²) in [5, 5.41) is 6.99. The van der Waals surface area contributed by atoms with Crippen molar-refractivity contribution in [3.8, 4) is 0 Å². The van der Waals surface area contributed by atoms with Gasteiger partial charge in [0.25, 0.3) is 5.92 Å². The zero-order valence-electron chi connectivity index (χ0n) is 18.2. The van der Waals surface area contributed by atoms with Crippen molar-refractivity contribution in [3.05, 3.63) is 0 Å². The second-order valence-corrected chi connectivity index (χ2v) is 10.3. The minimum absolute atomic E-state index is 0.0402. The van der Waals surface area contributed by atoms with E-state index in [-0.39, 0.29) is 49.0 Å². The summed E-state index contributed by atoms with van der Waals surface area (Å²) in [7, 11) is 0. The molecule has 0 aromatic heterocycles. The van der Waals surface area contributed by atoms with Crippen LogP contribution >= 0.6 is 0 Å². The number of amides is 1. The first kappa shape index (κ1) is 21.8. The van der Waals surface area contributed by atoms with Crippen LogP contribution in [0.15, 0.2) is 0 Å². The molecule has 1 saturated carbocycles. The van der Waals surface area contributed by atoms with E-state index in [0.717, 1.165) is 45.2 Å². The number of alkyl halides is 2. The number of carbonyl (C=O) groups is 1. The molecule has 5 fully saturated rings. The second-order valence-electron chi connectivity index (χ2n) is 10.3. The Balaban J connectivity index is 1.08.